The molecular formula is C27H42N5O6P. The maximum atomic E-state index is 12.9. The molecule has 1 fully saturated rings. The van der Waals surface area contributed by atoms with Crippen molar-refractivity contribution in [1.82, 2.24) is 19.1 Å². The molecule has 0 radical (unpaired) electrons. The van der Waals surface area contributed by atoms with E-state index in [1.54, 1.807) is 30.3 Å². The second-order valence-electron chi connectivity index (χ2n) is 10.3. The number of nitrogens with zero attached hydrogens (tertiary/aromatic N) is 4. The van der Waals surface area contributed by atoms with E-state index >= 15 is 0 Å². The van der Waals surface area contributed by atoms with Gasteiger partial charge in [0.2, 0.25) is 0 Å². The third-order valence-corrected chi connectivity index (χ3v) is 8.36. The molecule has 1 unspecified atom stereocenters. The smallest absolute Gasteiger partial charge is 0.351 e. The number of amides is 1. The van der Waals surface area contributed by atoms with Gasteiger partial charge in [-0.3, -0.25) is 9.36 Å². The van der Waals surface area contributed by atoms with Gasteiger partial charge in [0.05, 0.1) is 19.3 Å². The summed E-state index contributed by atoms with van der Waals surface area (Å²) >= 11 is 0. The van der Waals surface area contributed by atoms with Crippen LogP contribution in [0.2, 0.25) is 0 Å². The van der Waals surface area contributed by atoms with Gasteiger partial charge in [0.25, 0.3) is 14.4 Å². The van der Waals surface area contributed by atoms with Crippen LogP contribution in [0.1, 0.15) is 57.1 Å². The molecule has 12 heteroatoms. The molecule has 1 aliphatic heterocycles. The van der Waals surface area contributed by atoms with E-state index in [0.717, 1.165) is 13.0 Å². The fraction of sp³-hybridized carbons (Fsp3) is 0.593. The molecule has 1 aromatic carbocycles. The summed E-state index contributed by atoms with van der Waals surface area (Å²) < 4.78 is 22.4. The first-order chi connectivity index (χ1) is 18.6. The predicted octanol–water partition coefficient (Wildman–Crippen LogP) is 3.47. The minimum Gasteiger partial charge on any atom is -0.394 e. The number of ether oxygens (including phenoxy) is 1. The molecule has 2 aromatic rings. The zero-order valence-corrected chi connectivity index (χ0v) is 24.6. The standard InChI is InChI=1S/C27H42N5O6P/c1-19(2)32(20(3)4)39(36-16-10-14-30(5)6)38-22-17-25(37-23(22)18-33)31-15-13-24(29-27(31)35)28-26(34)21-11-8-7-9-12-21/h7-9,11-13,15,19-20,22-23,25,33H,10,14,16-18H2,1-6H3,(H,28,29,34,35)/t22-,23-,25-,39?/m1/s1. The number of aromatic nitrogens is 2. The molecule has 1 aromatic heterocycles. The van der Waals surface area contributed by atoms with E-state index in [4.69, 9.17) is 13.8 Å². The first-order valence-electron chi connectivity index (χ1n) is 13.3. The number of benzene rings is 1. The van der Waals surface area contributed by atoms with Crippen LogP contribution in [0.5, 0.6) is 0 Å². The summed E-state index contributed by atoms with van der Waals surface area (Å²) in [6.07, 6.45) is 0.947. The highest BCUT2D eigenvalue weighted by atomic mass is 31.2. The molecule has 1 aliphatic rings. The van der Waals surface area contributed by atoms with Gasteiger partial charge in [0.15, 0.2) is 0 Å². The number of anilines is 1. The van der Waals surface area contributed by atoms with E-state index in [0.29, 0.717) is 18.6 Å². The number of aliphatic hydroxyl groups excluding tert-OH is 1. The van der Waals surface area contributed by atoms with Gasteiger partial charge in [0, 0.05) is 30.3 Å². The molecule has 11 nitrogen and oxygen atoms in total. The lowest BCUT2D eigenvalue weighted by Gasteiger charge is -2.37. The Kier molecular flexibility index (Phi) is 12.0. The fourth-order valence-corrected chi connectivity index (χ4v) is 6.19. The van der Waals surface area contributed by atoms with Gasteiger partial charge in [-0.05, 0) is 73.0 Å². The lowest BCUT2D eigenvalue weighted by Crippen LogP contribution is -2.36. The van der Waals surface area contributed by atoms with Crippen LogP contribution in [0.25, 0.3) is 0 Å². The Balaban J connectivity index is 1.71. The zero-order chi connectivity index (χ0) is 28.5. The molecule has 0 bridgehead atoms. The van der Waals surface area contributed by atoms with E-state index in [2.05, 4.69) is 47.6 Å². The molecule has 4 atom stereocenters. The average molecular weight is 564 g/mol. The third-order valence-electron chi connectivity index (χ3n) is 6.20. The van der Waals surface area contributed by atoms with E-state index < -0.39 is 32.7 Å². The Morgan fingerprint density at radius 3 is 2.49 bits per heavy atom. The van der Waals surface area contributed by atoms with Crippen LogP contribution >= 0.6 is 8.53 Å². The Labute approximate surface area is 232 Å². The Bertz CT molecular complexity index is 1090. The second kappa shape index (κ2) is 14.9. The van der Waals surface area contributed by atoms with Crippen LogP contribution in [0.15, 0.2) is 47.4 Å². The molecule has 39 heavy (non-hydrogen) atoms. The van der Waals surface area contributed by atoms with Crippen molar-refractivity contribution in [3.63, 3.8) is 0 Å². The molecule has 3 rings (SSSR count). The van der Waals surface area contributed by atoms with Crippen molar-refractivity contribution < 1.29 is 23.7 Å². The number of rotatable bonds is 14. The molecular weight excluding hydrogens is 521 g/mol. The SMILES string of the molecule is CC(C)N(C(C)C)P(OCCCN(C)C)O[C@@H]1C[C@H](n2ccc(NC(=O)c3ccccc3)nc2=O)O[C@@H]1CO. The highest BCUT2D eigenvalue weighted by Crippen LogP contribution is 2.49. The molecule has 0 saturated carbocycles. The van der Waals surface area contributed by atoms with Crippen molar-refractivity contribution >= 4 is 20.3 Å². The highest BCUT2D eigenvalue weighted by molar-refractivity contribution is 7.44. The van der Waals surface area contributed by atoms with Gasteiger partial charge in [0.1, 0.15) is 18.1 Å². The normalized spacial score (nSPS) is 20.3. The van der Waals surface area contributed by atoms with E-state index in [1.807, 2.05) is 20.2 Å². The van der Waals surface area contributed by atoms with Gasteiger partial charge in [-0.25, -0.2) is 9.46 Å². The number of carbonyl (C=O) groups is 1. The molecule has 0 spiro atoms. The van der Waals surface area contributed by atoms with Gasteiger partial charge < -0.3 is 29.1 Å². The van der Waals surface area contributed by atoms with Crippen LogP contribution in [0.4, 0.5) is 5.82 Å². The molecule has 2 heterocycles. The Morgan fingerprint density at radius 1 is 1.21 bits per heavy atom. The number of carbonyl (C=O) groups excluding carboxylic acids is 1. The van der Waals surface area contributed by atoms with Gasteiger partial charge in [-0.2, -0.15) is 4.98 Å². The van der Waals surface area contributed by atoms with Crippen molar-refractivity contribution in [2.45, 2.75) is 71.1 Å². The Hall–Kier alpha value is -2.24. The summed E-state index contributed by atoms with van der Waals surface area (Å²) in [6, 6.07) is 10.6. The summed E-state index contributed by atoms with van der Waals surface area (Å²) in [5, 5.41) is 12.7. The molecule has 2 N–H and O–H groups in total. The number of aliphatic hydroxyl groups is 1. The summed E-state index contributed by atoms with van der Waals surface area (Å²) in [4.78, 5) is 31.4. The fourth-order valence-electron chi connectivity index (χ4n) is 4.39. The van der Waals surface area contributed by atoms with Gasteiger partial charge >= 0.3 is 5.69 Å². The van der Waals surface area contributed by atoms with Crippen molar-refractivity contribution in [1.29, 1.82) is 0 Å². The lowest BCUT2D eigenvalue weighted by atomic mass is 10.2. The largest absolute Gasteiger partial charge is 0.394 e. The molecule has 1 amide bonds. The third kappa shape index (κ3) is 8.88. The van der Waals surface area contributed by atoms with Crippen molar-refractivity contribution in [3.8, 4) is 0 Å². The average Bonchev–Trinajstić information content (AvgIpc) is 3.29. The van der Waals surface area contributed by atoms with E-state index in [1.165, 1.54) is 10.8 Å². The quantitative estimate of drug-likeness (QED) is 0.263. The Morgan fingerprint density at radius 2 is 1.90 bits per heavy atom. The highest BCUT2D eigenvalue weighted by Gasteiger charge is 2.41. The molecule has 216 valence electrons. The summed E-state index contributed by atoms with van der Waals surface area (Å²) in [7, 11) is 2.61. The first kappa shape index (κ1) is 31.3. The number of hydrogen-bond donors (Lipinski definition) is 2. The van der Waals surface area contributed by atoms with Crippen LogP contribution in [0.3, 0.4) is 0 Å². The van der Waals surface area contributed by atoms with Crippen LogP contribution in [-0.4, -0.2) is 88.3 Å². The number of nitrogens with one attached hydrogen (secondary N) is 1. The second-order valence-corrected chi connectivity index (χ2v) is 11.7. The van der Waals surface area contributed by atoms with Crippen LogP contribution in [0, 0.1) is 0 Å². The lowest BCUT2D eigenvalue weighted by molar-refractivity contribution is -0.0439. The molecule has 0 aliphatic carbocycles. The summed E-state index contributed by atoms with van der Waals surface area (Å²) in [6.45, 7) is 9.58. The maximum Gasteiger partial charge on any atom is 0.351 e. The minimum absolute atomic E-state index is 0.147. The van der Waals surface area contributed by atoms with Crippen LogP contribution in [-0.2, 0) is 13.8 Å². The number of hydrogen-bond acceptors (Lipinski definition) is 9. The molecule has 1 saturated heterocycles. The van der Waals surface area contributed by atoms with Gasteiger partial charge in [-0.1, -0.05) is 18.2 Å². The predicted molar refractivity (Wildman–Crippen MR) is 152 cm³/mol. The maximum absolute atomic E-state index is 12.9. The monoisotopic (exact) mass is 563 g/mol. The zero-order valence-electron chi connectivity index (χ0n) is 23.7. The van der Waals surface area contributed by atoms with Crippen molar-refractivity contribution in [2.75, 3.05) is 39.2 Å². The first-order valence-corrected chi connectivity index (χ1v) is 14.5. The topological polar surface area (TPSA) is 118 Å². The van der Waals surface area contributed by atoms with Gasteiger partial charge in [-0.15, -0.1) is 0 Å². The van der Waals surface area contributed by atoms with Crippen molar-refractivity contribution in [2.24, 2.45) is 0 Å². The van der Waals surface area contributed by atoms with Crippen molar-refractivity contribution in [3.05, 3.63) is 58.6 Å². The summed E-state index contributed by atoms with van der Waals surface area (Å²) in [5.74, 6) is -0.210. The van der Waals surface area contributed by atoms with E-state index in [9.17, 15) is 14.7 Å². The minimum atomic E-state index is -1.44. The van der Waals surface area contributed by atoms with Crippen LogP contribution < -0.4 is 11.0 Å². The van der Waals surface area contributed by atoms with E-state index in [-0.39, 0.29) is 30.4 Å². The summed E-state index contributed by atoms with van der Waals surface area (Å²) in [5.41, 5.74) is -0.109.